The van der Waals surface area contributed by atoms with Gasteiger partial charge in [0.05, 0.1) is 20.5 Å². The summed E-state index contributed by atoms with van der Waals surface area (Å²) in [6.45, 7) is -0.739. The maximum atomic E-state index is 12.6. The fourth-order valence-electron chi connectivity index (χ4n) is 1.96. The van der Waals surface area contributed by atoms with Crippen molar-refractivity contribution in [2.45, 2.75) is 10.4 Å². The third kappa shape index (κ3) is 4.70. The van der Waals surface area contributed by atoms with E-state index in [0.717, 1.165) is 12.1 Å². The molecule has 2 aromatic rings. The van der Waals surface area contributed by atoms with Gasteiger partial charge in [-0.25, -0.2) is 8.42 Å². The molecule has 0 atom stereocenters. The molecule has 0 saturated carbocycles. The summed E-state index contributed by atoms with van der Waals surface area (Å²) in [6.07, 6.45) is 0. The zero-order valence-electron chi connectivity index (χ0n) is 13.6. The lowest BCUT2D eigenvalue weighted by atomic mass is 10.3. The van der Waals surface area contributed by atoms with Crippen LogP contribution in [0, 0.1) is 10.1 Å². The quantitative estimate of drug-likeness (QED) is 0.544. The second-order valence-corrected chi connectivity index (χ2v) is 7.50. The molecular formula is C15H10ClF3N2O6S. The van der Waals surface area contributed by atoms with Crippen LogP contribution in [-0.2, 0) is 14.6 Å². The maximum absolute atomic E-state index is 12.6. The minimum Gasteiger partial charge on any atom is -0.477 e. The lowest BCUT2D eigenvalue weighted by Gasteiger charge is -2.12. The second kappa shape index (κ2) is 8.02. The topological polar surface area (TPSA) is 116 Å². The summed E-state index contributed by atoms with van der Waals surface area (Å²) in [7, 11) is -5.64. The molecule has 0 heterocycles. The molecular weight excluding hydrogens is 429 g/mol. The van der Waals surface area contributed by atoms with Crippen LogP contribution in [0.2, 0.25) is 5.02 Å². The maximum Gasteiger partial charge on any atom is 0.501 e. The molecule has 13 heteroatoms. The monoisotopic (exact) mass is 438 g/mol. The van der Waals surface area contributed by atoms with Crippen molar-refractivity contribution < 1.29 is 36.0 Å². The number of benzene rings is 2. The summed E-state index contributed by atoms with van der Waals surface area (Å²) >= 11 is 5.77. The second-order valence-electron chi connectivity index (χ2n) is 5.15. The number of para-hydroxylation sites is 2. The van der Waals surface area contributed by atoms with Crippen molar-refractivity contribution in [1.29, 1.82) is 0 Å². The van der Waals surface area contributed by atoms with E-state index >= 15 is 0 Å². The number of alkyl halides is 3. The van der Waals surface area contributed by atoms with Gasteiger partial charge in [-0.15, -0.1) is 0 Å². The predicted octanol–water partition coefficient (Wildman–Crippen LogP) is 3.56. The first-order chi connectivity index (χ1) is 12.9. The number of hydrogen-bond donors (Lipinski definition) is 1. The Morgan fingerprint density at radius 3 is 2.46 bits per heavy atom. The number of amides is 1. The Morgan fingerprint density at radius 2 is 1.86 bits per heavy atom. The highest BCUT2D eigenvalue weighted by atomic mass is 35.5. The number of nitrogens with zero attached hydrogens (tertiary/aromatic N) is 1. The smallest absolute Gasteiger partial charge is 0.477 e. The van der Waals surface area contributed by atoms with Gasteiger partial charge >= 0.3 is 11.2 Å². The molecule has 0 saturated heterocycles. The molecule has 0 aliphatic carbocycles. The van der Waals surface area contributed by atoms with Gasteiger partial charge in [0.2, 0.25) is 0 Å². The summed E-state index contributed by atoms with van der Waals surface area (Å²) in [4.78, 5) is 21.0. The third-order valence-electron chi connectivity index (χ3n) is 3.25. The molecule has 1 amide bonds. The molecule has 0 aromatic heterocycles. The fourth-order valence-corrected chi connectivity index (χ4v) is 2.91. The van der Waals surface area contributed by atoms with Crippen molar-refractivity contribution in [3.05, 3.63) is 57.6 Å². The first-order valence-corrected chi connectivity index (χ1v) is 9.06. The van der Waals surface area contributed by atoms with Gasteiger partial charge in [-0.2, -0.15) is 13.2 Å². The van der Waals surface area contributed by atoms with Crippen LogP contribution < -0.4 is 10.1 Å². The molecule has 0 aliphatic heterocycles. The highest BCUT2D eigenvalue weighted by Crippen LogP contribution is 2.33. The van der Waals surface area contributed by atoms with E-state index in [1.165, 1.54) is 18.2 Å². The summed E-state index contributed by atoms with van der Waals surface area (Å²) in [6, 6.07) is 7.28. The van der Waals surface area contributed by atoms with Crippen molar-refractivity contribution in [2.75, 3.05) is 11.9 Å². The molecule has 0 fully saturated rings. The van der Waals surface area contributed by atoms with Crippen molar-refractivity contribution in [3.63, 3.8) is 0 Å². The summed E-state index contributed by atoms with van der Waals surface area (Å²) in [5.74, 6) is -1.14. The van der Waals surface area contributed by atoms with Crippen LogP contribution in [0.4, 0.5) is 24.5 Å². The lowest BCUT2D eigenvalue weighted by Crippen LogP contribution is -2.24. The SMILES string of the molecule is O=C(COc1ccccc1[N+](=O)[O-])Nc1cc(S(=O)(=O)C(F)(F)F)ccc1Cl. The van der Waals surface area contributed by atoms with E-state index in [9.17, 15) is 36.5 Å². The molecule has 0 aliphatic rings. The molecule has 1 N–H and O–H groups in total. The van der Waals surface area contributed by atoms with Crippen molar-refractivity contribution in [2.24, 2.45) is 0 Å². The molecule has 2 rings (SSSR count). The number of anilines is 1. The van der Waals surface area contributed by atoms with E-state index in [0.29, 0.717) is 12.1 Å². The van der Waals surface area contributed by atoms with Crippen molar-refractivity contribution in [1.82, 2.24) is 0 Å². The number of rotatable bonds is 6. The molecule has 150 valence electrons. The van der Waals surface area contributed by atoms with Crippen LogP contribution in [-0.4, -0.2) is 31.4 Å². The van der Waals surface area contributed by atoms with Gasteiger partial charge in [0.25, 0.3) is 15.7 Å². The van der Waals surface area contributed by atoms with E-state index in [2.05, 4.69) is 5.32 Å². The zero-order chi connectivity index (χ0) is 21.1. The minimum absolute atomic E-state index is 0.206. The molecule has 0 bridgehead atoms. The molecule has 28 heavy (non-hydrogen) atoms. The highest BCUT2D eigenvalue weighted by Gasteiger charge is 2.47. The van der Waals surface area contributed by atoms with Gasteiger partial charge in [-0.3, -0.25) is 14.9 Å². The van der Waals surface area contributed by atoms with Gasteiger partial charge in [-0.05, 0) is 24.3 Å². The Balaban J connectivity index is 2.17. The number of sulfone groups is 1. The van der Waals surface area contributed by atoms with Gasteiger partial charge in [-0.1, -0.05) is 23.7 Å². The summed E-state index contributed by atoms with van der Waals surface area (Å²) in [5.41, 5.74) is -6.33. The Hall–Kier alpha value is -2.86. The normalized spacial score (nSPS) is 11.7. The summed E-state index contributed by atoms with van der Waals surface area (Å²) in [5, 5.41) is 12.7. The van der Waals surface area contributed by atoms with Gasteiger partial charge in [0.1, 0.15) is 0 Å². The van der Waals surface area contributed by atoms with Gasteiger partial charge in [0.15, 0.2) is 12.4 Å². The van der Waals surface area contributed by atoms with E-state index in [1.807, 2.05) is 0 Å². The van der Waals surface area contributed by atoms with Crippen LogP contribution in [0.25, 0.3) is 0 Å². The van der Waals surface area contributed by atoms with E-state index < -0.39 is 49.1 Å². The molecule has 8 nitrogen and oxygen atoms in total. The zero-order valence-corrected chi connectivity index (χ0v) is 15.1. The molecule has 0 spiro atoms. The van der Waals surface area contributed by atoms with Crippen LogP contribution in [0.15, 0.2) is 47.4 Å². The van der Waals surface area contributed by atoms with E-state index in [-0.39, 0.29) is 10.8 Å². The average Bonchev–Trinajstić information content (AvgIpc) is 2.61. The Bertz CT molecular complexity index is 1030. The Labute approximate surface area is 160 Å². The van der Waals surface area contributed by atoms with Crippen molar-refractivity contribution >= 4 is 38.7 Å². The largest absolute Gasteiger partial charge is 0.501 e. The number of halogens is 4. The number of nitro groups is 1. The average molecular weight is 439 g/mol. The third-order valence-corrected chi connectivity index (χ3v) is 5.06. The van der Waals surface area contributed by atoms with Crippen LogP contribution in [0.1, 0.15) is 0 Å². The van der Waals surface area contributed by atoms with Crippen LogP contribution in [0.3, 0.4) is 0 Å². The number of carbonyl (C=O) groups excluding carboxylic acids is 1. The molecule has 0 radical (unpaired) electrons. The van der Waals surface area contributed by atoms with Gasteiger partial charge in [0, 0.05) is 6.07 Å². The van der Waals surface area contributed by atoms with Crippen LogP contribution in [0.5, 0.6) is 5.75 Å². The first-order valence-electron chi connectivity index (χ1n) is 7.20. The number of nitrogens with one attached hydrogen (secondary N) is 1. The Kier molecular flexibility index (Phi) is 6.14. The molecule has 0 unspecified atom stereocenters. The standard InChI is InChI=1S/C15H10ClF3N2O6S/c16-10-6-5-9(28(25,26)15(17,18)19)7-11(10)20-14(22)8-27-13-4-2-1-3-12(13)21(23)24/h1-7H,8H2,(H,20,22). The minimum atomic E-state index is -5.64. The number of nitro benzene ring substituents is 1. The van der Waals surface area contributed by atoms with Crippen molar-refractivity contribution in [3.8, 4) is 5.75 Å². The highest BCUT2D eigenvalue weighted by molar-refractivity contribution is 7.92. The lowest BCUT2D eigenvalue weighted by molar-refractivity contribution is -0.385. The number of hydrogen-bond acceptors (Lipinski definition) is 6. The summed E-state index contributed by atoms with van der Waals surface area (Å²) < 4.78 is 65.8. The van der Waals surface area contributed by atoms with E-state index in [4.69, 9.17) is 16.3 Å². The molecule has 2 aromatic carbocycles. The fraction of sp³-hybridized carbons (Fsp3) is 0.133. The Morgan fingerprint density at radius 1 is 1.21 bits per heavy atom. The number of carbonyl (C=O) groups is 1. The van der Waals surface area contributed by atoms with Gasteiger partial charge < -0.3 is 10.1 Å². The number of ether oxygens (including phenoxy) is 1. The van der Waals surface area contributed by atoms with E-state index in [1.54, 1.807) is 0 Å². The first kappa shape index (κ1) is 21.4. The van der Waals surface area contributed by atoms with Crippen LogP contribution >= 0.6 is 11.6 Å². The predicted molar refractivity (Wildman–Crippen MR) is 91.9 cm³/mol.